The van der Waals surface area contributed by atoms with E-state index >= 15 is 0 Å². The molecule has 0 atom stereocenters. The minimum Gasteiger partial charge on any atom is -0.357 e. The molecule has 2 rings (SSSR count). The second-order valence-electron chi connectivity index (χ2n) is 6.04. The Kier molecular flexibility index (Phi) is 10.8. The van der Waals surface area contributed by atoms with Gasteiger partial charge in [0, 0.05) is 31.1 Å². The lowest BCUT2D eigenvalue weighted by molar-refractivity contribution is 0.206. The fourth-order valence-corrected chi connectivity index (χ4v) is 3.61. The third-order valence-corrected chi connectivity index (χ3v) is 5.16. The number of nitrogens with zero attached hydrogens (tertiary/aromatic N) is 3. The van der Waals surface area contributed by atoms with E-state index in [2.05, 4.69) is 46.7 Å². The highest BCUT2D eigenvalue weighted by molar-refractivity contribution is 14.0. The van der Waals surface area contributed by atoms with Gasteiger partial charge in [0.15, 0.2) is 5.96 Å². The summed E-state index contributed by atoms with van der Waals surface area (Å²) in [6.07, 6.45) is 4.64. The van der Waals surface area contributed by atoms with Crippen LogP contribution >= 0.6 is 35.3 Å². The van der Waals surface area contributed by atoms with Gasteiger partial charge in [-0.3, -0.25) is 0 Å². The van der Waals surface area contributed by atoms with Gasteiger partial charge in [0.1, 0.15) is 0 Å². The summed E-state index contributed by atoms with van der Waals surface area (Å²) < 4.78 is 0. The fourth-order valence-electron chi connectivity index (χ4n) is 2.87. The molecular formula is C17H32IN5S. The Bertz CT molecular complexity index is 483. The minimum absolute atomic E-state index is 0. The van der Waals surface area contributed by atoms with Crippen LogP contribution in [0.2, 0.25) is 0 Å². The standard InChI is InChI=1S/C17H31N5S.HI/c1-4-9-22-10-7-14(8-11-22)21-17(18-6-3)19-12-15-13-23-16(5-2)20-15;/h13-14H,4-12H2,1-3H3,(H2,18,19,21);1H. The maximum atomic E-state index is 4.71. The Morgan fingerprint density at radius 2 is 2.08 bits per heavy atom. The van der Waals surface area contributed by atoms with Gasteiger partial charge in [0.2, 0.25) is 0 Å². The van der Waals surface area contributed by atoms with Crippen molar-refractivity contribution in [3.63, 3.8) is 0 Å². The van der Waals surface area contributed by atoms with Crippen LogP contribution in [0.1, 0.15) is 50.7 Å². The van der Waals surface area contributed by atoms with Crippen molar-refractivity contribution in [1.82, 2.24) is 20.5 Å². The van der Waals surface area contributed by atoms with Crippen molar-refractivity contribution in [2.45, 2.75) is 59.0 Å². The Labute approximate surface area is 167 Å². The first-order chi connectivity index (χ1) is 11.2. The van der Waals surface area contributed by atoms with Crippen LogP contribution in [0.3, 0.4) is 0 Å². The predicted molar refractivity (Wildman–Crippen MR) is 115 cm³/mol. The summed E-state index contributed by atoms with van der Waals surface area (Å²) in [7, 11) is 0. The molecule has 0 spiro atoms. The molecule has 0 aliphatic carbocycles. The fraction of sp³-hybridized carbons (Fsp3) is 0.765. The molecule has 2 N–H and O–H groups in total. The van der Waals surface area contributed by atoms with Gasteiger partial charge in [0.05, 0.1) is 17.2 Å². The molecule has 0 saturated carbocycles. The van der Waals surface area contributed by atoms with Crippen LogP contribution in [-0.2, 0) is 13.0 Å². The van der Waals surface area contributed by atoms with Gasteiger partial charge in [-0.15, -0.1) is 35.3 Å². The molecule has 7 heteroatoms. The zero-order valence-electron chi connectivity index (χ0n) is 15.2. The van der Waals surface area contributed by atoms with Gasteiger partial charge in [0.25, 0.3) is 0 Å². The summed E-state index contributed by atoms with van der Waals surface area (Å²) in [6, 6.07) is 0.530. The normalized spacial score (nSPS) is 16.7. The molecule has 1 saturated heterocycles. The van der Waals surface area contributed by atoms with Crippen molar-refractivity contribution in [2.24, 2.45) is 4.99 Å². The molecule has 0 unspecified atom stereocenters. The quantitative estimate of drug-likeness (QED) is 0.369. The van der Waals surface area contributed by atoms with Crippen molar-refractivity contribution in [1.29, 1.82) is 0 Å². The average Bonchev–Trinajstić information content (AvgIpc) is 3.03. The molecule has 5 nitrogen and oxygen atoms in total. The van der Waals surface area contributed by atoms with E-state index in [0.29, 0.717) is 12.6 Å². The number of hydrogen-bond acceptors (Lipinski definition) is 4. The van der Waals surface area contributed by atoms with Crippen LogP contribution in [0.5, 0.6) is 0 Å². The number of nitrogens with one attached hydrogen (secondary N) is 2. The second kappa shape index (κ2) is 12.0. The van der Waals surface area contributed by atoms with E-state index in [4.69, 9.17) is 4.99 Å². The molecule has 138 valence electrons. The second-order valence-corrected chi connectivity index (χ2v) is 6.98. The van der Waals surface area contributed by atoms with Crippen LogP contribution < -0.4 is 10.6 Å². The Morgan fingerprint density at radius 3 is 2.67 bits per heavy atom. The number of guanidine groups is 1. The molecule has 1 aromatic heterocycles. The van der Waals surface area contributed by atoms with Crippen LogP contribution in [-0.4, -0.2) is 48.1 Å². The van der Waals surface area contributed by atoms with Gasteiger partial charge in [-0.2, -0.15) is 0 Å². The molecule has 1 fully saturated rings. The smallest absolute Gasteiger partial charge is 0.191 e. The number of aliphatic imine (C=N–C) groups is 1. The van der Waals surface area contributed by atoms with E-state index in [1.54, 1.807) is 11.3 Å². The molecule has 0 aromatic carbocycles. The zero-order chi connectivity index (χ0) is 16.5. The van der Waals surface area contributed by atoms with Crippen molar-refractivity contribution < 1.29 is 0 Å². The minimum atomic E-state index is 0. The Morgan fingerprint density at radius 1 is 1.33 bits per heavy atom. The number of hydrogen-bond donors (Lipinski definition) is 2. The molecular weight excluding hydrogens is 433 g/mol. The first-order valence-electron chi connectivity index (χ1n) is 8.95. The molecule has 24 heavy (non-hydrogen) atoms. The summed E-state index contributed by atoms with van der Waals surface area (Å²) >= 11 is 1.73. The lowest BCUT2D eigenvalue weighted by atomic mass is 10.1. The molecule has 2 heterocycles. The number of piperidine rings is 1. The van der Waals surface area contributed by atoms with E-state index in [0.717, 1.165) is 24.6 Å². The average molecular weight is 465 g/mol. The monoisotopic (exact) mass is 465 g/mol. The third kappa shape index (κ3) is 7.23. The first kappa shape index (κ1) is 21.6. The van der Waals surface area contributed by atoms with Crippen LogP contribution in [0.15, 0.2) is 10.4 Å². The molecule has 1 aliphatic heterocycles. The van der Waals surface area contributed by atoms with E-state index < -0.39 is 0 Å². The van der Waals surface area contributed by atoms with Crippen molar-refractivity contribution in [3.8, 4) is 0 Å². The molecule has 0 bridgehead atoms. The van der Waals surface area contributed by atoms with E-state index in [1.807, 2.05) is 0 Å². The molecule has 0 radical (unpaired) electrons. The van der Waals surface area contributed by atoms with E-state index in [-0.39, 0.29) is 24.0 Å². The largest absolute Gasteiger partial charge is 0.357 e. The van der Waals surface area contributed by atoms with Crippen LogP contribution in [0, 0.1) is 0 Å². The third-order valence-electron chi connectivity index (χ3n) is 4.11. The summed E-state index contributed by atoms with van der Waals surface area (Å²) in [6.45, 7) is 11.7. The highest BCUT2D eigenvalue weighted by Crippen LogP contribution is 2.12. The highest BCUT2D eigenvalue weighted by Gasteiger charge is 2.19. The number of likely N-dealkylation sites (tertiary alicyclic amines) is 1. The number of aromatic nitrogens is 1. The lowest BCUT2D eigenvalue weighted by Crippen LogP contribution is -2.48. The Hall–Kier alpha value is -0.410. The topological polar surface area (TPSA) is 52.5 Å². The predicted octanol–water partition coefficient (Wildman–Crippen LogP) is 3.25. The summed E-state index contributed by atoms with van der Waals surface area (Å²) in [4.78, 5) is 11.9. The van der Waals surface area contributed by atoms with Crippen molar-refractivity contribution >= 4 is 41.3 Å². The van der Waals surface area contributed by atoms with Gasteiger partial charge in [-0.25, -0.2) is 9.98 Å². The SMILES string of the molecule is CCCN1CCC(NC(=NCc2csc(CC)n2)NCC)CC1.I. The molecule has 1 aliphatic rings. The van der Waals surface area contributed by atoms with E-state index in [9.17, 15) is 0 Å². The number of thiazole rings is 1. The van der Waals surface area contributed by atoms with E-state index in [1.165, 1.54) is 43.9 Å². The molecule has 1 aromatic rings. The van der Waals surface area contributed by atoms with Gasteiger partial charge < -0.3 is 15.5 Å². The maximum absolute atomic E-state index is 4.71. The van der Waals surface area contributed by atoms with Gasteiger partial charge in [-0.05, 0) is 39.2 Å². The Balaban J connectivity index is 0.00000288. The van der Waals surface area contributed by atoms with Crippen LogP contribution in [0.4, 0.5) is 0 Å². The lowest BCUT2D eigenvalue weighted by Gasteiger charge is -2.32. The summed E-state index contributed by atoms with van der Waals surface area (Å²) in [5.41, 5.74) is 1.07. The van der Waals surface area contributed by atoms with Crippen molar-refractivity contribution in [3.05, 3.63) is 16.1 Å². The maximum Gasteiger partial charge on any atom is 0.191 e. The number of aryl methyl sites for hydroxylation is 1. The van der Waals surface area contributed by atoms with Crippen molar-refractivity contribution in [2.75, 3.05) is 26.2 Å². The summed E-state index contributed by atoms with van der Waals surface area (Å²) in [5.74, 6) is 0.924. The number of rotatable bonds is 7. The molecule has 0 amide bonds. The summed E-state index contributed by atoms with van der Waals surface area (Å²) in [5, 5.41) is 10.3. The van der Waals surface area contributed by atoms with Gasteiger partial charge in [-0.1, -0.05) is 13.8 Å². The number of halogens is 1. The highest BCUT2D eigenvalue weighted by atomic mass is 127. The first-order valence-corrected chi connectivity index (χ1v) is 9.83. The zero-order valence-corrected chi connectivity index (χ0v) is 18.3. The van der Waals surface area contributed by atoms with Crippen LogP contribution in [0.25, 0.3) is 0 Å². The van der Waals surface area contributed by atoms with Gasteiger partial charge >= 0.3 is 0 Å².